The van der Waals surface area contributed by atoms with Crippen molar-refractivity contribution in [2.75, 3.05) is 18.9 Å². The molecule has 2 rings (SSSR count). The van der Waals surface area contributed by atoms with Gasteiger partial charge >= 0.3 is 0 Å². The molecule has 0 atom stereocenters. The summed E-state index contributed by atoms with van der Waals surface area (Å²) in [6, 6.07) is 8.96. The second kappa shape index (κ2) is 8.07. The third-order valence-electron chi connectivity index (χ3n) is 3.50. The molecule has 0 radical (unpaired) electrons. The van der Waals surface area contributed by atoms with Crippen molar-refractivity contribution in [3.8, 4) is 0 Å². The van der Waals surface area contributed by atoms with Crippen molar-refractivity contribution in [3.05, 3.63) is 59.4 Å². The maximum atomic E-state index is 13.9. The van der Waals surface area contributed by atoms with Crippen LogP contribution in [0.2, 0.25) is 0 Å². The molecule has 0 aromatic heterocycles. The van der Waals surface area contributed by atoms with Gasteiger partial charge in [0.05, 0.1) is 10.5 Å². The fourth-order valence-electron chi connectivity index (χ4n) is 2.13. The van der Waals surface area contributed by atoms with Gasteiger partial charge in [-0.05, 0) is 56.4 Å². The van der Waals surface area contributed by atoms with E-state index in [1.54, 1.807) is 6.92 Å². The van der Waals surface area contributed by atoms with Gasteiger partial charge in [-0.25, -0.2) is 17.5 Å². The zero-order chi connectivity index (χ0) is 19.3. The number of sulfonamides is 1. The van der Waals surface area contributed by atoms with Gasteiger partial charge in [0.15, 0.2) is 0 Å². The zero-order valence-corrected chi connectivity index (χ0v) is 15.0. The van der Waals surface area contributed by atoms with Gasteiger partial charge in [0.2, 0.25) is 10.0 Å². The van der Waals surface area contributed by atoms with Gasteiger partial charge in [-0.3, -0.25) is 9.59 Å². The molecular weight excluding hydrogens is 361 g/mol. The summed E-state index contributed by atoms with van der Waals surface area (Å²) < 4.78 is 39.6. The van der Waals surface area contributed by atoms with Crippen molar-refractivity contribution in [2.45, 2.75) is 11.8 Å². The summed E-state index contributed by atoms with van der Waals surface area (Å²) in [6.07, 6.45) is 0. The average Bonchev–Trinajstić information content (AvgIpc) is 2.62. The summed E-state index contributed by atoms with van der Waals surface area (Å²) in [6.45, 7) is 2.28. The minimum absolute atomic E-state index is 0.224. The molecule has 0 aliphatic rings. The summed E-state index contributed by atoms with van der Waals surface area (Å²) in [7, 11) is -2.59. The van der Waals surface area contributed by atoms with Crippen molar-refractivity contribution in [3.63, 3.8) is 0 Å². The number of nitrogens with one attached hydrogen (secondary N) is 3. The maximum absolute atomic E-state index is 13.9. The van der Waals surface area contributed by atoms with Crippen molar-refractivity contribution in [2.24, 2.45) is 0 Å². The monoisotopic (exact) mass is 379 g/mol. The first-order valence-corrected chi connectivity index (χ1v) is 9.19. The van der Waals surface area contributed by atoms with Gasteiger partial charge in [0.1, 0.15) is 5.82 Å². The van der Waals surface area contributed by atoms with Crippen LogP contribution < -0.4 is 15.4 Å². The standard InChI is InChI=1S/C17H18FN3O4S/c1-3-20-16(22)11-4-6-12(7-5-11)21-17(23)14-10-13(8-9-15(14)18)26(24,25)19-2/h4-10,19H,3H2,1-2H3,(H,20,22)(H,21,23). The van der Waals surface area contributed by atoms with Crippen LogP contribution in [-0.2, 0) is 10.0 Å². The molecule has 2 aromatic rings. The molecule has 2 amide bonds. The molecule has 0 spiro atoms. The van der Waals surface area contributed by atoms with Crippen LogP contribution >= 0.6 is 0 Å². The summed E-state index contributed by atoms with van der Waals surface area (Å²) in [5, 5.41) is 5.11. The molecule has 2 aromatic carbocycles. The molecule has 0 aliphatic heterocycles. The van der Waals surface area contributed by atoms with Crippen molar-refractivity contribution in [1.29, 1.82) is 0 Å². The van der Waals surface area contributed by atoms with Gasteiger partial charge < -0.3 is 10.6 Å². The lowest BCUT2D eigenvalue weighted by Crippen LogP contribution is -2.22. The number of benzene rings is 2. The van der Waals surface area contributed by atoms with E-state index in [1.165, 1.54) is 31.3 Å². The molecule has 0 unspecified atom stereocenters. The number of hydrogen-bond donors (Lipinski definition) is 3. The summed E-state index contributed by atoms with van der Waals surface area (Å²) in [5.74, 6) is -1.90. The van der Waals surface area contributed by atoms with E-state index < -0.39 is 27.3 Å². The molecule has 3 N–H and O–H groups in total. The highest BCUT2D eigenvalue weighted by Gasteiger charge is 2.18. The number of amides is 2. The van der Waals surface area contributed by atoms with Crippen LogP contribution in [0.3, 0.4) is 0 Å². The highest BCUT2D eigenvalue weighted by molar-refractivity contribution is 7.89. The van der Waals surface area contributed by atoms with Crippen molar-refractivity contribution < 1.29 is 22.4 Å². The quantitative estimate of drug-likeness (QED) is 0.711. The first kappa shape index (κ1) is 19.5. The SMILES string of the molecule is CCNC(=O)c1ccc(NC(=O)c2cc(S(=O)(=O)NC)ccc2F)cc1. The van der Waals surface area contributed by atoms with E-state index in [0.29, 0.717) is 17.8 Å². The van der Waals surface area contributed by atoms with Gasteiger partial charge in [0, 0.05) is 17.8 Å². The highest BCUT2D eigenvalue weighted by Crippen LogP contribution is 2.17. The molecular formula is C17H18FN3O4S. The Kier molecular flexibility index (Phi) is 6.06. The molecule has 0 saturated carbocycles. The summed E-state index contributed by atoms with van der Waals surface area (Å²) in [4.78, 5) is 23.7. The lowest BCUT2D eigenvalue weighted by Gasteiger charge is -2.09. The fourth-order valence-corrected chi connectivity index (χ4v) is 2.89. The van der Waals surface area contributed by atoms with E-state index in [-0.39, 0.29) is 10.8 Å². The van der Waals surface area contributed by atoms with Gasteiger partial charge in [0.25, 0.3) is 11.8 Å². The maximum Gasteiger partial charge on any atom is 0.258 e. The molecule has 0 saturated heterocycles. The topological polar surface area (TPSA) is 104 Å². The minimum Gasteiger partial charge on any atom is -0.352 e. The van der Waals surface area contributed by atoms with Crippen LogP contribution in [0, 0.1) is 5.82 Å². The third kappa shape index (κ3) is 4.44. The van der Waals surface area contributed by atoms with E-state index in [1.807, 2.05) is 0 Å². The van der Waals surface area contributed by atoms with Crippen molar-refractivity contribution >= 4 is 27.5 Å². The molecule has 0 bridgehead atoms. The number of anilines is 1. The predicted octanol–water partition coefficient (Wildman–Crippen LogP) is 1.74. The zero-order valence-electron chi connectivity index (χ0n) is 14.2. The van der Waals surface area contributed by atoms with E-state index >= 15 is 0 Å². The van der Waals surface area contributed by atoms with Crippen LogP contribution in [0.5, 0.6) is 0 Å². The average molecular weight is 379 g/mol. The van der Waals surface area contributed by atoms with Crippen LogP contribution in [0.15, 0.2) is 47.4 Å². The van der Waals surface area contributed by atoms with Gasteiger partial charge in [-0.1, -0.05) is 0 Å². The largest absolute Gasteiger partial charge is 0.352 e. The van der Waals surface area contributed by atoms with E-state index in [0.717, 1.165) is 18.2 Å². The first-order chi connectivity index (χ1) is 12.3. The Hall–Kier alpha value is -2.78. The molecule has 138 valence electrons. The van der Waals surface area contributed by atoms with Crippen LogP contribution in [0.4, 0.5) is 10.1 Å². The van der Waals surface area contributed by atoms with Gasteiger partial charge in [-0.2, -0.15) is 0 Å². The van der Waals surface area contributed by atoms with E-state index in [9.17, 15) is 22.4 Å². The Morgan fingerprint density at radius 3 is 2.27 bits per heavy atom. The summed E-state index contributed by atoms with van der Waals surface area (Å²) in [5.41, 5.74) is 0.344. The Bertz CT molecular complexity index is 928. The first-order valence-electron chi connectivity index (χ1n) is 7.71. The number of hydrogen-bond acceptors (Lipinski definition) is 4. The predicted molar refractivity (Wildman–Crippen MR) is 95.0 cm³/mol. The van der Waals surface area contributed by atoms with Crippen LogP contribution in [0.25, 0.3) is 0 Å². The highest BCUT2D eigenvalue weighted by atomic mass is 32.2. The second-order valence-corrected chi connectivity index (χ2v) is 7.13. The minimum atomic E-state index is -3.81. The van der Waals surface area contributed by atoms with Gasteiger partial charge in [-0.15, -0.1) is 0 Å². The molecule has 0 fully saturated rings. The molecule has 9 heteroatoms. The Morgan fingerprint density at radius 2 is 1.69 bits per heavy atom. The third-order valence-corrected chi connectivity index (χ3v) is 4.92. The van der Waals surface area contributed by atoms with Crippen molar-refractivity contribution in [1.82, 2.24) is 10.0 Å². The molecule has 26 heavy (non-hydrogen) atoms. The smallest absolute Gasteiger partial charge is 0.258 e. The Labute approximate surface area is 150 Å². The molecule has 0 aliphatic carbocycles. The Morgan fingerprint density at radius 1 is 1.04 bits per heavy atom. The lowest BCUT2D eigenvalue weighted by atomic mass is 10.1. The fraction of sp³-hybridized carbons (Fsp3) is 0.176. The Balaban J connectivity index is 2.22. The number of carbonyl (C=O) groups is 2. The number of carbonyl (C=O) groups excluding carboxylic acids is 2. The summed E-state index contributed by atoms with van der Waals surface area (Å²) >= 11 is 0. The van der Waals surface area contributed by atoms with E-state index in [4.69, 9.17) is 0 Å². The second-order valence-electron chi connectivity index (χ2n) is 5.24. The van der Waals surface area contributed by atoms with Crippen LogP contribution in [-0.4, -0.2) is 33.8 Å². The molecule has 7 nitrogen and oxygen atoms in total. The van der Waals surface area contributed by atoms with Crippen LogP contribution in [0.1, 0.15) is 27.6 Å². The normalized spacial score (nSPS) is 11.0. The molecule has 0 heterocycles. The number of halogens is 1. The lowest BCUT2D eigenvalue weighted by molar-refractivity contribution is 0.0955. The van der Waals surface area contributed by atoms with E-state index in [2.05, 4.69) is 15.4 Å². The number of rotatable bonds is 6.